The van der Waals surface area contributed by atoms with Crippen LogP contribution in [0.5, 0.6) is 5.88 Å². The Balaban J connectivity index is 3.17. The van der Waals surface area contributed by atoms with Crippen molar-refractivity contribution < 1.29 is 5.11 Å². The summed E-state index contributed by atoms with van der Waals surface area (Å²) >= 11 is 0. The first kappa shape index (κ1) is 6.01. The molecule has 0 amide bonds. The molecule has 1 rings (SSSR count). The second-order valence-corrected chi connectivity index (χ2v) is 1.90. The van der Waals surface area contributed by atoms with Crippen LogP contribution in [-0.4, -0.2) is 9.97 Å². The minimum atomic E-state index is -0.227. The molecule has 1 radical (unpaired) electrons. The van der Waals surface area contributed by atoms with Crippen LogP contribution in [0.2, 0.25) is 0 Å². The fourth-order valence-electron chi connectivity index (χ4n) is 0.515. The van der Waals surface area contributed by atoms with Crippen molar-refractivity contribution in [3.05, 3.63) is 17.6 Å². The first-order chi connectivity index (χ1) is 4.20. The van der Waals surface area contributed by atoms with Crippen LogP contribution in [0.4, 0.5) is 0 Å². The Morgan fingerprint density at radius 3 is 2.56 bits per heavy atom. The van der Waals surface area contributed by atoms with E-state index in [1.807, 2.05) is 0 Å². The number of rotatable bonds is 0. The fourth-order valence-corrected chi connectivity index (χ4v) is 0.515. The number of aromatic nitrogens is 2. The van der Waals surface area contributed by atoms with Gasteiger partial charge in [0.05, 0.1) is 5.69 Å². The summed E-state index contributed by atoms with van der Waals surface area (Å²) < 4.78 is 0. The number of hydrogen-bond donors (Lipinski definition) is 0. The van der Waals surface area contributed by atoms with Crippen molar-refractivity contribution in [3.63, 3.8) is 0 Å². The summed E-state index contributed by atoms with van der Waals surface area (Å²) in [5, 5.41) is 10.7. The van der Waals surface area contributed by atoms with Crippen LogP contribution in [-0.2, 0) is 5.11 Å². The Hall–Kier alpha value is -1.12. The van der Waals surface area contributed by atoms with Gasteiger partial charge >= 0.3 is 0 Å². The van der Waals surface area contributed by atoms with E-state index in [-0.39, 0.29) is 5.88 Å². The van der Waals surface area contributed by atoms with Crippen molar-refractivity contribution in [2.24, 2.45) is 0 Å². The standard InChI is InChI=1S/C6H7N2O/c1-4-3-7-5(2)6(9)8-4/h3H,1-2H3. The highest BCUT2D eigenvalue weighted by Crippen LogP contribution is 2.08. The average molecular weight is 123 g/mol. The summed E-state index contributed by atoms with van der Waals surface area (Å²) in [6.45, 7) is 3.39. The SMILES string of the molecule is Cc1cnc(C)c([O])n1. The third-order valence-corrected chi connectivity index (χ3v) is 1.03. The van der Waals surface area contributed by atoms with Crippen molar-refractivity contribution >= 4 is 0 Å². The molecule has 0 aliphatic rings. The molecule has 0 fully saturated rings. The Morgan fingerprint density at radius 1 is 1.44 bits per heavy atom. The van der Waals surface area contributed by atoms with Crippen LogP contribution in [0.25, 0.3) is 0 Å². The van der Waals surface area contributed by atoms with Crippen molar-refractivity contribution in [1.82, 2.24) is 9.97 Å². The van der Waals surface area contributed by atoms with E-state index in [2.05, 4.69) is 9.97 Å². The molecule has 9 heavy (non-hydrogen) atoms. The normalized spacial score (nSPS) is 9.56. The van der Waals surface area contributed by atoms with Gasteiger partial charge in [-0.3, -0.25) is 10.1 Å². The van der Waals surface area contributed by atoms with E-state index in [1.54, 1.807) is 20.0 Å². The summed E-state index contributed by atoms with van der Waals surface area (Å²) in [4.78, 5) is 7.46. The molecule has 0 aromatic carbocycles. The number of nitrogens with zero attached hydrogens (tertiary/aromatic N) is 2. The smallest absolute Gasteiger partial charge is 0.265 e. The van der Waals surface area contributed by atoms with Gasteiger partial charge in [0.1, 0.15) is 5.69 Å². The maximum absolute atomic E-state index is 10.7. The minimum Gasteiger partial charge on any atom is -0.265 e. The molecular formula is C6H7N2O. The molecule has 3 nitrogen and oxygen atoms in total. The Labute approximate surface area is 53.4 Å². The van der Waals surface area contributed by atoms with E-state index in [9.17, 15) is 5.11 Å². The van der Waals surface area contributed by atoms with Gasteiger partial charge in [-0.15, -0.1) is 0 Å². The molecule has 0 bridgehead atoms. The first-order valence-electron chi connectivity index (χ1n) is 2.67. The predicted molar refractivity (Wildman–Crippen MR) is 31.6 cm³/mol. The largest absolute Gasteiger partial charge is 0.291 e. The summed E-state index contributed by atoms with van der Waals surface area (Å²) in [5.41, 5.74) is 1.13. The highest BCUT2D eigenvalue weighted by Gasteiger charge is 1.98. The topological polar surface area (TPSA) is 45.7 Å². The molecular weight excluding hydrogens is 116 g/mol. The third kappa shape index (κ3) is 1.16. The maximum Gasteiger partial charge on any atom is 0.291 e. The molecule has 0 N–H and O–H groups in total. The molecule has 3 heteroatoms. The van der Waals surface area contributed by atoms with E-state index in [4.69, 9.17) is 0 Å². The van der Waals surface area contributed by atoms with Gasteiger partial charge in [0.25, 0.3) is 5.88 Å². The highest BCUT2D eigenvalue weighted by atomic mass is 16.3. The van der Waals surface area contributed by atoms with E-state index in [1.165, 1.54) is 0 Å². The molecule has 0 saturated carbocycles. The van der Waals surface area contributed by atoms with Crippen LogP contribution >= 0.6 is 0 Å². The van der Waals surface area contributed by atoms with Crippen molar-refractivity contribution in [1.29, 1.82) is 0 Å². The van der Waals surface area contributed by atoms with Gasteiger partial charge in [0, 0.05) is 6.20 Å². The summed E-state index contributed by atoms with van der Waals surface area (Å²) in [7, 11) is 0. The number of aryl methyl sites for hydroxylation is 2. The van der Waals surface area contributed by atoms with E-state index >= 15 is 0 Å². The molecule has 0 aliphatic carbocycles. The summed E-state index contributed by atoms with van der Waals surface area (Å²) in [6, 6.07) is 0. The van der Waals surface area contributed by atoms with Crippen molar-refractivity contribution in [3.8, 4) is 5.88 Å². The van der Waals surface area contributed by atoms with Gasteiger partial charge in [0.2, 0.25) is 0 Å². The second-order valence-electron chi connectivity index (χ2n) is 1.90. The van der Waals surface area contributed by atoms with Crippen LogP contribution in [0.15, 0.2) is 6.20 Å². The van der Waals surface area contributed by atoms with Crippen LogP contribution in [0.1, 0.15) is 11.4 Å². The van der Waals surface area contributed by atoms with Crippen LogP contribution in [0.3, 0.4) is 0 Å². The van der Waals surface area contributed by atoms with Gasteiger partial charge in [-0.25, -0.2) is 4.98 Å². The highest BCUT2D eigenvalue weighted by molar-refractivity contribution is 5.15. The van der Waals surface area contributed by atoms with E-state index < -0.39 is 0 Å². The van der Waals surface area contributed by atoms with Gasteiger partial charge in [0.15, 0.2) is 0 Å². The maximum atomic E-state index is 10.7. The molecule has 0 unspecified atom stereocenters. The lowest BCUT2D eigenvalue weighted by Gasteiger charge is -1.92. The second kappa shape index (κ2) is 2.01. The van der Waals surface area contributed by atoms with Crippen LogP contribution < -0.4 is 0 Å². The molecule has 0 saturated heterocycles. The van der Waals surface area contributed by atoms with Gasteiger partial charge < -0.3 is 0 Å². The average Bonchev–Trinajstić information content (AvgIpc) is 1.80. The lowest BCUT2D eigenvalue weighted by atomic mass is 10.4. The zero-order valence-corrected chi connectivity index (χ0v) is 5.38. The predicted octanol–water partition coefficient (Wildman–Crippen LogP) is 1.24. The zero-order valence-electron chi connectivity index (χ0n) is 5.38. The van der Waals surface area contributed by atoms with Crippen molar-refractivity contribution in [2.75, 3.05) is 0 Å². The molecule has 1 aromatic rings. The summed E-state index contributed by atoms with van der Waals surface area (Å²) in [5.74, 6) is -0.227. The molecule has 0 aliphatic heterocycles. The van der Waals surface area contributed by atoms with Gasteiger partial charge in [-0.1, -0.05) is 0 Å². The zero-order chi connectivity index (χ0) is 6.85. The fraction of sp³-hybridized carbons (Fsp3) is 0.333. The minimum absolute atomic E-state index is 0.227. The quantitative estimate of drug-likeness (QED) is 0.521. The molecule has 1 heterocycles. The summed E-state index contributed by atoms with van der Waals surface area (Å²) in [6.07, 6.45) is 1.58. The lowest BCUT2D eigenvalue weighted by molar-refractivity contribution is 0.330. The van der Waals surface area contributed by atoms with Gasteiger partial charge in [-0.05, 0) is 13.8 Å². The Kier molecular flexibility index (Phi) is 1.34. The molecule has 1 aromatic heterocycles. The monoisotopic (exact) mass is 123 g/mol. The lowest BCUT2D eigenvalue weighted by Crippen LogP contribution is -1.86. The molecule has 47 valence electrons. The van der Waals surface area contributed by atoms with Gasteiger partial charge in [-0.2, -0.15) is 0 Å². The van der Waals surface area contributed by atoms with E-state index in [0.29, 0.717) is 11.4 Å². The molecule has 0 atom stereocenters. The Bertz CT molecular complexity index is 222. The Morgan fingerprint density at radius 2 is 2.11 bits per heavy atom. The third-order valence-electron chi connectivity index (χ3n) is 1.03. The van der Waals surface area contributed by atoms with E-state index in [0.717, 1.165) is 0 Å². The molecule has 0 spiro atoms. The first-order valence-corrected chi connectivity index (χ1v) is 2.67. The number of hydrogen-bond acceptors (Lipinski definition) is 2. The van der Waals surface area contributed by atoms with Crippen molar-refractivity contribution in [2.45, 2.75) is 13.8 Å². The van der Waals surface area contributed by atoms with Crippen LogP contribution in [0, 0.1) is 13.8 Å².